The number of fused-ring (bicyclic) bond motifs is 1. The number of aliphatic hydroxyl groups is 1. The number of thiazole rings is 1. The van der Waals surface area contributed by atoms with E-state index in [1.165, 1.54) is 42.5 Å². The third kappa shape index (κ3) is 4.29. The highest BCUT2D eigenvalue weighted by atomic mass is 32.1. The summed E-state index contributed by atoms with van der Waals surface area (Å²) < 4.78 is 19.7. The number of nitrogens with zero attached hydrogens (tertiary/aromatic N) is 3. The lowest BCUT2D eigenvalue weighted by Gasteiger charge is -2.22. The molecule has 186 valence electrons. The first-order chi connectivity index (χ1) is 17.8. The summed E-state index contributed by atoms with van der Waals surface area (Å²) in [5.41, 5.74) is 0.677. The zero-order valence-electron chi connectivity index (χ0n) is 19.3. The molecule has 0 spiro atoms. The Hall–Kier alpha value is -4.64. The van der Waals surface area contributed by atoms with Crippen molar-refractivity contribution >= 4 is 49.8 Å². The molecule has 1 atom stereocenters. The molecule has 1 aliphatic heterocycles. The van der Waals surface area contributed by atoms with Gasteiger partial charge in [0, 0.05) is 17.7 Å². The number of non-ortho nitro benzene ring substituents is 1. The molecule has 11 heteroatoms. The van der Waals surface area contributed by atoms with Crippen LogP contribution in [0.25, 0.3) is 16.0 Å². The monoisotopic (exact) mass is 519 g/mol. The predicted octanol–water partition coefficient (Wildman–Crippen LogP) is 5.37. The summed E-state index contributed by atoms with van der Waals surface area (Å²) in [5, 5.41) is 22.5. The average Bonchev–Trinajstić information content (AvgIpc) is 3.42. The number of carbonyl (C=O) groups excluding carboxylic acids is 2. The van der Waals surface area contributed by atoms with Crippen LogP contribution >= 0.6 is 11.3 Å². The van der Waals surface area contributed by atoms with Gasteiger partial charge in [0.2, 0.25) is 0 Å². The highest BCUT2D eigenvalue weighted by Gasteiger charge is 2.48. The van der Waals surface area contributed by atoms with Crippen LogP contribution in [-0.2, 0) is 9.59 Å². The molecule has 0 radical (unpaired) electrons. The molecule has 1 aromatic heterocycles. The number of nitro benzene ring substituents is 1. The van der Waals surface area contributed by atoms with Crippen LogP contribution in [0.2, 0.25) is 0 Å². The van der Waals surface area contributed by atoms with Crippen molar-refractivity contribution in [3.05, 3.63) is 99.4 Å². The first-order valence-corrected chi connectivity index (χ1v) is 11.9. The Morgan fingerprint density at radius 2 is 1.84 bits per heavy atom. The van der Waals surface area contributed by atoms with Crippen LogP contribution in [0.5, 0.6) is 5.75 Å². The van der Waals surface area contributed by atoms with Crippen molar-refractivity contribution in [1.29, 1.82) is 0 Å². The van der Waals surface area contributed by atoms with E-state index in [2.05, 4.69) is 4.98 Å². The highest BCUT2D eigenvalue weighted by Crippen LogP contribution is 2.44. The molecular weight excluding hydrogens is 501 g/mol. The van der Waals surface area contributed by atoms with Gasteiger partial charge in [0.1, 0.15) is 17.3 Å². The van der Waals surface area contributed by atoms with Crippen molar-refractivity contribution in [2.24, 2.45) is 0 Å². The van der Waals surface area contributed by atoms with E-state index in [1.807, 2.05) is 6.92 Å². The molecular formula is C26H18FN3O6S. The molecule has 37 heavy (non-hydrogen) atoms. The number of hydrogen-bond acceptors (Lipinski definition) is 8. The zero-order valence-corrected chi connectivity index (χ0v) is 20.1. The number of ketones is 1. The first kappa shape index (κ1) is 24.1. The van der Waals surface area contributed by atoms with Crippen LogP contribution in [0.4, 0.5) is 15.2 Å². The molecule has 4 aromatic rings. The molecule has 1 amide bonds. The second-order valence-corrected chi connectivity index (χ2v) is 9.09. The van der Waals surface area contributed by atoms with Gasteiger partial charge in [-0.1, -0.05) is 11.3 Å². The van der Waals surface area contributed by atoms with Crippen molar-refractivity contribution in [1.82, 2.24) is 4.98 Å². The van der Waals surface area contributed by atoms with E-state index < -0.39 is 34.2 Å². The van der Waals surface area contributed by atoms with Gasteiger partial charge in [-0.15, -0.1) is 0 Å². The third-order valence-electron chi connectivity index (χ3n) is 5.85. The van der Waals surface area contributed by atoms with E-state index >= 15 is 0 Å². The molecule has 1 N–H and O–H groups in total. The Kier molecular flexibility index (Phi) is 6.14. The van der Waals surface area contributed by atoms with E-state index in [0.717, 1.165) is 16.2 Å². The van der Waals surface area contributed by atoms with Crippen LogP contribution in [0.3, 0.4) is 0 Å². The molecule has 0 aliphatic carbocycles. The molecule has 1 fully saturated rings. The normalized spacial score (nSPS) is 16.9. The summed E-state index contributed by atoms with van der Waals surface area (Å²) in [6.45, 7) is 2.28. The Balaban J connectivity index is 1.68. The molecule has 5 rings (SSSR count). The lowest BCUT2D eigenvalue weighted by atomic mass is 9.95. The summed E-state index contributed by atoms with van der Waals surface area (Å²) in [7, 11) is 0. The van der Waals surface area contributed by atoms with Crippen molar-refractivity contribution in [3.8, 4) is 5.75 Å². The lowest BCUT2D eigenvalue weighted by Crippen LogP contribution is -2.29. The molecule has 0 saturated carbocycles. The van der Waals surface area contributed by atoms with Gasteiger partial charge in [0.05, 0.1) is 33.4 Å². The number of aromatic nitrogens is 1. The average molecular weight is 520 g/mol. The van der Waals surface area contributed by atoms with Gasteiger partial charge in [-0.3, -0.25) is 24.6 Å². The van der Waals surface area contributed by atoms with Crippen molar-refractivity contribution in [2.75, 3.05) is 11.5 Å². The van der Waals surface area contributed by atoms with Gasteiger partial charge in [0.15, 0.2) is 5.13 Å². The second kappa shape index (κ2) is 9.43. The molecule has 0 bridgehead atoms. The van der Waals surface area contributed by atoms with Crippen molar-refractivity contribution in [2.45, 2.75) is 13.0 Å². The Bertz CT molecular complexity index is 1580. The summed E-state index contributed by atoms with van der Waals surface area (Å²) in [6.07, 6.45) is 0. The number of aliphatic hydroxyl groups excluding tert-OH is 1. The van der Waals surface area contributed by atoms with E-state index in [0.29, 0.717) is 28.1 Å². The molecule has 2 heterocycles. The van der Waals surface area contributed by atoms with Gasteiger partial charge in [0.25, 0.3) is 11.5 Å². The number of benzene rings is 3. The number of rotatable bonds is 6. The summed E-state index contributed by atoms with van der Waals surface area (Å²) >= 11 is 1.01. The predicted molar refractivity (Wildman–Crippen MR) is 135 cm³/mol. The van der Waals surface area contributed by atoms with E-state index in [-0.39, 0.29) is 22.0 Å². The number of ether oxygens (including phenoxy) is 1. The van der Waals surface area contributed by atoms with Crippen LogP contribution in [-0.4, -0.2) is 33.3 Å². The quantitative estimate of drug-likeness (QED) is 0.119. The van der Waals surface area contributed by atoms with Gasteiger partial charge in [-0.05, 0) is 67.1 Å². The largest absolute Gasteiger partial charge is 0.507 e. The van der Waals surface area contributed by atoms with E-state index in [4.69, 9.17) is 4.74 Å². The fourth-order valence-corrected chi connectivity index (χ4v) is 5.16. The molecule has 1 aliphatic rings. The van der Waals surface area contributed by atoms with Crippen LogP contribution in [0.15, 0.2) is 72.3 Å². The third-order valence-corrected chi connectivity index (χ3v) is 6.87. The van der Waals surface area contributed by atoms with Gasteiger partial charge < -0.3 is 9.84 Å². The fraction of sp³-hybridized carbons (Fsp3) is 0.115. The SMILES string of the molecule is CCOc1ccc(C(O)=C2C(=O)C(=O)N(c3nc4ccc(F)cc4s3)C2c2ccc([N+](=O)[O-])cc2)cc1. The standard InChI is InChI=1S/C26H18FN3O6S/c1-2-36-18-10-5-15(6-11-18)23(31)21-22(14-3-8-17(9-4-14)30(34)35)29(25(33)24(21)32)26-28-19-12-7-16(27)13-20(19)37-26/h3-13,22,31H,2H2,1H3. The number of anilines is 1. The Morgan fingerprint density at radius 3 is 2.49 bits per heavy atom. The van der Waals surface area contributed by atoms with Gasteiger partial charge in [-0.25, -0.2) is 9.37 Å². The number of hydrogen-bond donors (Lipinski definition) is 1. The zero-order chi connectivity index (χ0) is 26.3. The van der Waals surface area contributed by atoms with Crippen LogP contribution in [0, 0.1) is 15.9 Å². The van der Waals surface area contributed by atoms with E-state index in [9.17, 15) is 29.2 Å². The maximum Gasteiger partial charge on any atom is 0.301 e. The Labute approximate surface area is 213 Å². The topological polar surface area (TPSA) is 123 Å². The summed E-state index contributed by atoms with van der Waals surface area (Å²) in [5.74, 6) is -2.21. The smallest absolute Gasteiger partial charge is 0.301 e. The maximum atomic E-state index is 13.8. The molecule has 1 saturated heterocycles. The second-order valence-electron chi connectivity index (χ2n) is 8.08. The number of carbonyl (C=O) groups is 2. The number of nitro groups is 1. The number of Topliss-reactive ketones (excluding diaryl/α,β-unsaturated/α-hetero) is 1. The first-order valence-electron chi connectivity index (χ1n) is 11.1. The van der Waals surface area contributed by atoms with E-state index in [1.54, 1.807) is 24.3 Å². The minimum Gasteiger partial charge on any atom is -0.507 e. The van der Waals surface area contributed by atoms with Crippen molar-refractivity contribution in [3.63, 3.8) is 0 Å². The minimum absolute atomic E-state index is 0.122. The minimum atomic E-state index is -1.13. The summed E-state index contributed by atoms with van der Waals surface area (Å²) in [4.78, 5) is 42.7. The number of amides is 1. The van der Waals surface area contributed by atoms with Crippen LogP contribution in [0.1, 0.15) is 24.1 Å². The van der Waals surface area contributed by atoms with Gasteiger partial charge in [-0.2, -0.15) is 0 Å². The molecule has 3 aromatic carbocycles. The Morgan fingerprint density at radius 1 is 1.14 bits per heavy atom. The highest BCUT2D eigenvalue weighted by molar-refractivity contribution is 7.22. The molecule has 9 nitrogen and oxygen atoms in total. The van der Waals surface area contributed by atoms with Crippen molar-refractivity contribution < 1.29 is 28.7 Å². The van der Waals surface area contributed by atoms with Gasteiger partial charge >= 0.3 is 5.91 Å². The number of halogens is 1. The van der Waals surface area contributed by atoms with Crippen LogP contribution < -0.4 is 9.64 Å². The maximum absolute atomic E-state index is 13.8. The fourth-order valence-electron chi connectivity index (χ4n) is 4.14. The summed E-state index contributed by atoms with van der Waals surface area (Å²) in [6, 6.07) is 14.5. The molecule has 1 unspecified atom stereocenters. The lowest BCUT2D eigenvalue weighted by molar-refractivity contribution is -0.384.